The molecule has 6 nitrogen and oxygen atoms in total. The molecule has 3 aromatic carbocycles. The summed E-state index contributed by atoms with van der Waals surface area (Å²) < 4.78 is 43.6. The monoisotopic (exact) mass is 463 g/mol. The van der Waals surface area contributed by atoms with Gasteiger partial charge < -0.3 is 4.74 Å². The van der Waals surface area contributed by atoms with Crippen LogP contribution in [0.3, 0.4) is 0 Å². The average Bonchev–Trinajstić information content (AvgIpc) is 2.76. The number of rotatable bonds is 6. The Labute approximate surface area is 184 Å². The topological polar surface area (TPSA) is 86.5 Å². The summed E-state index contributed by atoms with van der Waals surface area (Å²) in [6.45, 7) is -0.447. The van der Waals surface area contributed by atoms with Crippen LogP contribution in [-0.4, -0.2) is 16.7 Å². The molecule has 0 aliphatic rings. The molecule has 0 aliphatic heterocycles. The predicted molar refractivity (Wildman–Crippen MR) is 109 cm³/mol. The maximum atomic E-state index is 12.9. The standard InChI is InChI=1S/C22H13ClF3NO5/c23-18-9-8-14(11-19(18)27(30)31)20(28)16-6-1-2-7-17(16)21(29)32-12-13-4-3-5-15(10-13)22(24,25)26/h1-11H,12H2. The lowest BCUT2D eigenvalue weighted by Gasteiger charge is -2.11. The molecule has 0 N–H and O–H groups in total. The van der Waals surface area contributed by atoms with Gasteiger partial charge in [-0.25, -0.2) is 4.79 Å². The zero-order chi connectivity index (χ0) is 23.5. The summed E-state index contributed by atoms with van der Waals surface area (Å²) in [5, 5.41) is 10.9. The number of hydrogen-bond donors (Lipinski definition) is 0. The van der Waals surface area contributed by atoms with Gasteiger partial charge in [-0.05, 0) is 35.9 Å². The van der Waals surface area contributed by atoms with Crippen molar-refractivity contribution in [2.75, 3.05) is 0 Å². The maximum absolute atomic E-state index is 12.9. The highest BCUT2D eigenvalue weighted by molar-refractivity contribution is 6.33. The number of ether oxygens (including phenoxy) is 1. The summed E-state index contributed by atoms with van der Waals surface area (Å²) in [4.78, 5) is 35.8. The van der Waals surface area contributed by atoms with E-state index in [1.807, 2.05) is 0 Å². The second-order valence-electron chi connectivity index (χ2n) is 6.57. The van der Waals surface area contributed by atoms with E-state index in [0.29, 0.717) is 0 Å². The number of halogens is 4. The van der Waals surface area contributed by atoms with Crippen LogP contribution in [0, 0.1) is 10.1 Å². The van der Waals surface area contributed by atoms with E-state index in [-0.39, 0.29) is 27.3 Å². The van der Waals surface area contributed by atoms with Crippen molar-refractivity contribution >= 4 is 29.0 Å². The molecule has 0 radical (unpaired) electrons. The number of nitrogens with zero attached hydrogens (tertiary/aromatic N) is 1. The number of carbonyl (C=O) groups excluding carboxylic acids is 2. The van der Waals surface area contributed by atoms with Crippen molar-refractivity contribution in [3.8, 4) is 0 Å². The van der Waals surface area contributed by atoms with Crippen LogP contribution in [0.25, 0.3) is 0 Å². The molecule has 0 bridgehead atoms. The van der Waals surface area contributed by atoms with Gasteiger partial charge in [0.1, 0.15) is 11.6 Å². The van der Waals surface area contributed by atoms with Gasteiger partial charge in [0.15, 0.2) is 5.78 Å². The minimum absolute atomic E-state index is 0.0702. The third-order valence-electron chi connectivity index (χ3n) is 4.42. The van der Waals surface area contributed by atoms with Gasteiger partial charge in [0, 0.05) is 17.2 Å². The fourth-order valence-electron chi connectivity index (χ4n) is 2.87. The van der Waals surface area contributed by atoms with Crippen molar-refractivity contribution in [3.05, 3.63) is 110 Å². The lowest BCUT2D eigenvalue weighted by atomic mass is 9.98. The molecule has 0 aromatic heterocycles. The van der Waals surface area contributed by atoms with E-state index in [9.17, 15) is 32.9 Å². The van der Waals surface area contributed by atoms with Gasteiger partial charge in [-0.1, -0.05) is 41.9 Å². The third-order valence-corrected chi connectivity index (χ3v) is 4.74. The number of nitro benzene ring substituents is 1. The lowest BCUT2D eigenvalue weighted by molar-refractivity contribution is -0.384. The van der Waals surface area contributed by atoms with Crippen LogP contribution < -0.4 is 0 Å². The Kier molecular flexibility index (Phi) is 6.59. The summed E-state index contributed by atoms with van der Waals surface area (Å²) in [5.41, 5.74) is -1.53. The minimum Gasteiger partial charge on any atom is -0.457 e. The van der Waals surface area contributed by atoms with E-state index < -0.39 is 40.7 Å². The van der Waals surface area contributed by atoms with Crippen LogP contribution in [0.1, 0.15) is 37.4 Å². The van der Waals surface area contributed by atoms with Crippen LogP contribution in [0.2, 0.25) is 5.02 Å². The first kappa shape index (κ1) is 23.0. The van der Waals surface area contributed by atoms with Crippen LogP contribution >= 0.6 is 11.6 Å². The summed E-state index contributed by atoms with van der Waals surface area (Å²) >= 11 is 5.76. The molecule has 0 saturated heterocycles. The number of benzene rings is 3. The molecule has 10 heteroatoms. The second kappa shape index (κ2) is 9.19. The Hall–Kier alpha value is -3.72. The number of esters is 1. The molecule has 0 saturated carbocycles. The largest absolute Gasteiger partial charge is 0.457 e. The van der Waals surface area contributed by atoms with Gasteiger partial charge in [-0.3, -0.25) is 14.9 Å². The maximum Gasteiger partial charge on any atom is 0.416 e. The van der Waals surface area contributed by atoms with E-state index >= 15 is 0 Å². The van der Waals surface area contributed by atoms with Gasteiger partial charge in [0.25, 0.3) is 5.69 Å². The first-order valence-electron chi connectivity index (χ1n) is 8.99. The van der Waals surface area contributed by atoms with E-state index in [0.717, 1.165) is 18.2 Å². The Balaban J connectivity index is 1.84. The molecule has 0 aliphatic carbocycles. The first-order chi connectivity index (χ1) is 15.1. The molecular formula is C22H13ClF3NO5. The Morgan fingerprint density at radius 2 is 1.66 bits per heavy atom. The zero-order valence-corrected chi connectivity index (χ0v) is 16.8. The van der Waals surface area contributed by atoms with Crippen molar-refractivity contribution < 1.29 is 32.4 Å². The SMILES string of the molecule is O=C(OCc1cccc(C(F)(F)F)c1)c1ccccc1C(=O)c1ccc(Cl)c([N+](=O)[O-])c1. The number of carbonyl (C=O) groups is 2. The van der Waals surface area contributed by atoms with Crippen LogP contribution in [0.4, 0.5) is 18.9 Å². The number of nitro groups is 1. The number of hydrogen-bond acceptors (Lipinski definition) is 5. The van der Waals surface area contributed by atoms with Gasteiger partial charge in [-0.15, -0.1) is 0 Å². The van der Waals surface area contributed by atoms with Crippen LogP contribution in [-0.2, 0) is 17.5 Å². The van der Waals surface area contributed by atoms with Crippen LogP contribution in [0.5, 0.6) is 0 Å². The van der Waals surface area contributed by atoms with Crippen molar-refractivity contribution in [1.29, 1.82) is 0 Å². The highest BCUT2D eigenvalue weighted by atomic mass is 35.5. The average molecular weight is 464 g/mol. The van der Waals surface area contributed by atoms with Gasteiger partial charge in [-0.2, -0.15) is 13.2 Å². The molecule has 0 amide bonds. The molecule has 0 atom stereocenters. The molecular weight excluding hydrogens is 451 g/mol. The molecule has 3 rings (SSSR count). The van der Waals surface area contributed by atoms with Crippen LogP contribution in [0.15, 0.2) is 66.7 Å². The second-order valence-corrected chi connectivity index (χ2v) is 6.98. The van der Waals surface area contributed by atoms with E-state index in [1.165, 1.54) is 48.5 Å². The minimum atomic E-state index is -4.54. The fraction of sp³-hybridized carbons (Fsp3) is 0.0909. The molecule has 0 unspecified atom stereocenters. The van der Waals surface area contributed by atoms with Gasteiger partial charge in [0.05, 0.1) is 16.1 Å². The molecule has 0 fully saturated rings. The van der Waals surface area contributed by atoms with Gasteiger partial charge >= 0.3 is 12.1 Å². The summed E-state index contributed by atoms with van der Waals surface area (Å²) in [5.74, 6) is -1.62. The third kappa shape index (κ3) is 5.12. The van der Waals surface area contributed by atoms with E-state index in [4.69, 9.17) is 16.3 Å². The summed E-state index contributed by atoms with van der Waals surface area (Å²) in [7, 11) is 0. The molecule has 164 valence electrons. The Morgan fingerprint density at radius 3 is 2.31 bits per heavy atom. The zero-order valence-electron chi connectivity index (χ0n) is 16.1. The Morgan fingerprint density at radius 1 is 0.969 bits per heavy atom. The van der Waals surface area contributed by atoms with Crippen molar-refractivity contribution in [1.82, 2.24) is 0 Å². The quantitative estimate of drug-likeness (QED) is 0.198. The Bertz CT molecular complexity index is 1210. The van der Waals surface area contributed by atoms with E-state index in [1.54, 1.807) is 0 Å². The highest BCUT2D eigenvalue weighted by Gasteiger charge is 2.30. The van der Waals surface area contributed by atoms with Crippen molar-refractivity contribution in [3.63, 3.8) is 0 Å². The predicted octanol–water partition coefficient (Wildman–Crippen LogP) is 5.86. The molecule has 0 spiro atoms. The number of alkyl halides is 3. The van der Waals surface area contributed by atoms with E-state index in [2.05, 4.69) is 0 Å². The smallest absolute Gasteiger partial charge is 0.416 e. The van der Waals surface area contributed by atoms with Crippen molar-refractivity contribution in [2.45, 2.75) is 12.8 Å². The molecule has 3 aromatic rings. The molecule has 32 heavy (non-hydrogen) atoms. The summed E-state index contributed by atoms with van der Waals surface area (Å²) in [6.07, 6.45) is -4.54. The lowest BCUT2D eigenvalue weighted by Crippen LogP contribution is -2.13. The molecule has 0 heterocycles. The summed E-state index contributed by atoms with van der Waals surface area (Å²) in [6, 6.07) is 13.4. The highest BCUT2D eigenvalue weighted by Crippen LogP contribution is 2.30. The van der Waals surface area contributed by atoms with Gasteiger partial charge in [0.2, 0.25) is 0 Å². The first-order valence-corrected chi connectivity index (χ1v) is 9.36. The van der Waals surface area contributed by atoms with Crippen molar-refractivity contribution in [2.24, 2.45) is 0 Å². The number of ketones is 1. The normalized spacial score (nSPS) is 11.1. The fourth-order valence-corrected chi connectivity index (χ4v) is 3.06.